The fourth-order valence-electron chi connectivity index (χ4n) is 0.828. The highest BCUT2D eigenvalue weighted by molar-refractivity contribution is 5.59. The lowest BCUT2D eigenvalue weighted by Crippen LogP contribution is -1.97. The Morgan fingerprint density at radius 2 is 2.23 bits per heavy atom. The fourth-order valence-corrected chi connectivity index (χ4v) is 0.828. The van der Waals surface area contributed by atoms with Gasteiger partial charge < -0.3 is 10.5 Å². The zero-order valence-electron chi connectivity index (χ0n) is 6.47. The van der Waals surface area contributed by atoms with E-state index >= 15 is 0 Å². The standard InChI is InChI=1S/C7H6N2O4/c8-5-1-2-6(9(11)12)7(3-5)13-4-10/h1-4H,8H2. The number of carbonyl (C=O) groups is 1. The zero-order valence-corrected chi connectivity index (χ0v) is 6.47. The summed E-state index contributed by atoms with van der Waals surface area (Å²) in [6.07, 6.45) is 0. The second-order valence-corrected chi connectivity index (χ2v) is 2.20. The number of nitrogens with two attached hydrogens (primary N) is 1. The molecule has 0 aliphatic heterocycles. The summed E-state index contributed by atoms with van der Waals surface area (Å²) in [5.74, 6) is -0.153. The average molecular weight is 182 g/mol. The van der Waals surface area contributed by atoms with Crippen molar-refractivity contribution in [3.05, 3.63) is 28.3 Å². The van der Waals surface area contributed by atoms with Crippen LogP contribution in [0, 0.1) is 10.1 Å². The first kappa shape index (κ1) is 8.98. The van der Waals surface area contributed by atoms with E-state index in [0.717, 1.165) is 0 Å². The minimum atomic E-state index is -0.654. The molecule has 1 aromatic carbocycles. The third-order valence-corrected chi connectivity index (χ3v) is 1.36. The number of hydrogen-bond donors (Lipinski definition) is 1. The third-order valence-electron chi connectivity index (χ3n) is 1.36. The van der Waals surface area contributed by atoms with Crippen molar-refractivity contribution in [1.29, 1.82) is 0 Å². The average Bonchev–Trinajstić information content (AvgIpc) is 2.04. The highest BCUT2D eigenvalue weighted by atomic mass is 16.6. The summed E-state index contributed by atoms with van der Waals surface area (Å²) in [6, 6.07) is 3.75. The summed E-state index contributed by atoms with van der Waals surface area (Å²) in [5.41, 5.74) is 5.34. The summed E-state index contributed by atoms with van der Waals surface area (Å²) in [5, 5.41) is 10.4. The lowest BCUT2D eigenvalue weighted by molar-refractivity contribution is -0.385. The Kier molecular flexibility index (Phi) is 2.44. The van der Waals surface area contributed by atoms with Crippen molar-refractivity contribution in [2.24, 2.45) is 0 Å². The summed E-state index contributed by atoms with van der Waals surface area (Å²) >= 11 is 0. The molecule has 0 saturated heterocycles. The van der Waals surface area contributed by atoms with Gasteiger partial charge >= 0.3 is 5.69 Å². The Labute approximate surface area is 73.1 Å². The zero-order chi connectivity index (χ0) is 9.84. The first-order valence-corrected chi connectivity index (χ1v) is 3.29. The number of benzene rings is 1. The fraction of sp³-hybridized carbons (Fsp3) is 0. The van der Waals surface area contributed by atoms with Gasteiger partial charge in [0.1, 0.15) is 0 Å². The molecule has 6 nitrogen and oxygen atoms in total. The van der Waals surface area contributed by atoms with Crippen molar-refractivity contribution in [2.45, 2.75) is 0 Å². The van der Waals surface area contributed by atoms with Crippen LogP contribution in [0.5, 0.6) is 5.75 Å². The van der Waals surface area contributed by atoms with Crippen molar-refractivity contribution in [3.8, 4) is 5.75 Å². The highest BCUT2D eigenvalue weighted by Crippen LogP contribution is 2.28. The number of carbonyl (C=O) groups excluding carboxylic acids is 1. The van der Waals surface area contributed by atoms with E-state index in [1.807, 2.05) is 0 Å². The molecule has 0 aliphatic rings. The lowest BCUT2D eigenvalue weighted by Gasteiger charge is -1.99. The number of ether oxygens (including phenoxy) is 1. The molecule has 6 heteroatoms. The van der Waals surface area contributed by atoms with Gasteiger partial charge in [0.05, 0.1) is 4.92 Å². The third kappa shape index (κ3) is 1.92. The van der Waals surface area contributed by atoms with Crippen LogP contribution >= 0.6 is 0 Å². The van der Waals surface area contributed by atoms with Gasteiger partial charge in [0.25, 0.3) is 6.47 Å². The van der Waals surface area contributed by atoms with Gasteiger partial charge in [0.15, 0.2) is 0 Å². The monoisotopic (exact) mass is 182 g/mol. The van der Waals surface area contributed by atoms with Gasteiger partial charge in [-0.25, -0.2) is 0 Å². The van der Waals surface area contributed by atoms with E-state index < -0.39 is 4.92 Å². The number of nitrogens with zero attached hydrogens (tertiary/aromatic N) is 1. The van der Waals surface area contributed by atoms with E-state index in [4.69, 9.17) is 5.73 Å². The first-order valence-electron chi connectivity index (χ1n) is 3.29. The minimum Gasteiger partial charge on any atom is -0.421 e. The van der Waals surface area contributed by atoms with E-state index in [9.17, 15) is 14.9 Å². The first-order chi connectivity index (χ1) is 6.15. The second-order valence-electron chi connectivity index (χ2n) is 2.20. The molecule has 0 aromatic heterocycles. The van der Waals surface area contributed by atoms with E-state index in [-0.39, 0.29) is 17.9 Å². The SMILES string of the molecule is Nc1ccc([N+](=O)[O-])c(OC=O)c1. The van der Waals surface area contributed by atoms with E-state index in [0.29, 0.717) is 5.69 Å². The smallest absolute Gasteiger partial charge is 0.311 e. The Morgan fingerprint density at radius 1 is 1.54 bits per heavy atom. The van der Waals surface area contributed by atoms with Crippen molar-refractivity contribution in [1.82, 2.24) is 0 Å². The van der Waals surface area contributed by atoms with Crippen LogP contribution in [-0.4, -0.2) is 11.4 Å². The molecule has 1 rings (SSSR count). The maximum atomic E-state index is 10.4. The molecule has 68 valence electrons. The molecule has 0 heterocycles. The number of nitrogen functional groups attached to an aromatic ring is 1. The topological polar surface area (TPSA) is 95.5 Å². The Hall–Kier alpha value is -2.11. The van der Waals surface area contributed by atoms with Crippen LogP contribution in [0.3, 0.4) is 0 Å². The van der Waals surface area contributed by atoms with Gasteiger partial charge in [0, 0.05) is 17.8 Å². The quantitative estimate of drug-likeness (QED) is 0.321. The number of rotatable bonds is 3. The number of nitro groups is 1. The molecule has 0 bridgehead atoms. The predicted molar refractivity (Wildman–Crippen MR) is 44.2 cm³/mol. The molecular weight excluding hydrogens is 176 g/mol. The maximum absolute atomic E-state index is 10.4. The van der Waals surface area contributed by atoms with Crippen LogP contribution in [0.1, 0.15) is 0 Å². The second kappa shape index (κ2) is 3.53. The molecule has 0 spiro atoms. The highest BCUT2D eigenvalue weighted by Gasteiger charge is 2.14. The molecule has 0 fully saturated rings. The minimum absolute atomic E-state index is 0.113. The van der Waals surface area contributed by atoms with Crippen LogP contribution < -0.4 is 10.5 Å². The predicted octanol–water partition coefficient (Wildman–Crippen LogP) is 0.712. The largest absolute Gasteiger partial charge is 0.421 e. The van der Waals surface area contributed by atoms with Crippen molar-refractivity contribution in [2.75, 3.05) is 5.73 Å². The van der Waals surface area contributed by atoms with Crippen LogP contribution in [-0.2, 0) is 4.79 Å². The van der Waals surface area contributed by atoms with Gasteiger partial charge in [-0.2, -0.15) is 0 Å². The Morgan fingerprint density at radius 3 is 2.77 bits per heavy atom. The van der Waals surface area contributed by atoms with Gasteiger partial charge in [-0.3, -0.25) is 14.9 Å². The molecule has 13 heavy (non-hydrogen) atoms. The Bertz CT molecular complexity index is 350. The van der Waals surface area contributed by atoms with E-state index in [1.54, 1.807) is 0 Å². The van der Waals surface area contributed by atoms with Crippen LogP contribution in [0.4, 0.5) is 11.4 Å². The van der Waals surface area contributed by atoms with Gasteiger partial charge in [-0.1, -0.05) is 0 Å². The summed E-state index contributed by atoms with van der Waals surface area (Å²) in [6.45, 7) is 0.113. The molecule has 0 saturated carbocycles. The van der Waals surface area contributed by atoms with Crippen molar-refractivity contribution >= 4 is 17.8 Å². The molecule has 2 N–H and O–H groups in total. The summed E-state index contributed by atoms with van der Waals surface area (Å²) in [4.78, 5) is 19.7. The molecule has 0 atom stereocenters. The van der Waals surface area contributed by atoms with Crippen molar-refractivity contribution in [3.63, 3.8) is 0 Å². The number of hydrogen-bond acceptors (Lipinski definition) is 5. The normalized spacial score (nSPS) is 9.23. The number of anilines is 1. The van der Waals surface area contributed by atoms with Crippen LogP contribution in [0.25, 0.3) is 0 Å². The van der Waals surface area contributed by atoms with E-state index in [1.165, 1.54) is 18.2 Å². The molecule has 0 radical (unpaired) electrons. The summed E-state index contributed by atoms with van der Waals surface area (Å²) < 4.78 is 4.38. The Balaban J connectivity index is 3.17. The number of nitro benzene ring substituents is 1. The molecule has 0 aliphatic carbocycles. The van der Waals surface area contributed by atoms with Gasteiger partial charge in [-0.15, -0.1) is 0 Å². The lowest BCUT2D eigenvalue weighted by atomic mass is 10.2. The van der Waals surface area contributed by atoms with Gasteiger partial charge in [-0.05, 0) is 6.07 Å². The molecule has 0 amide bonds. The molecule has 0 unspecified atom stereocenters. The molecular formula is C7H6N2O4. The van der Waals surface area contributed by atoms with Gasteiger partial charge in [0.2, 0.25) is 5.75 Å². The van der Waals surface area contributed by atoms with Crippen LogP contribution in [0.2, 0.25) is 0 Å². The van der Waals surface area contributed by atoms with Crippen molar-refractivity contribution < 1.29 is 14.5 Å². The van der Waals surface area contributed by atoms with Crippen LogP contribution in [0.15, 0.2) is 18.2 Å². The van der Waals surface area contributed by atoms with E-state index in [2.05, 4.69) is 4.74 Å². The molecule has 1 aromatic rings. The summed E-state index contributed by atoms with van der Waals surface area (Å²) in [7, 11) is 0. The maximum Gasteiger partial charge on any atom is 0.311 e.